The van der Waals surface area contributed by atoms with Crippen molar-refractivity contribution in [3.05, 3.63) is 46.1 Å². The Kier molecular flexibility index (Phi) is 4.20. The Balaban J connectivity index is 2.66. The smallest absolute Gasteiger partial charge is 0.0697 e. The van der Waals surface area contributed by atoms with Crippen LogP contribution >= 0.6 is 0 Å². The Labute approximate surface area is 81.3 Å². The van der Waals surface area contributed by atoms with Crippen molar-refractivity contribution in [2.24, 2.45) is 5.11 Å². The molecule has 1 rings (SSSR count). The van der Waals surface area contributed by atoms with Crippen LogP contribution in [0.15, 0.2) is 29.7 Å². The van der Waals surface area contributed by atoms with Crippen molar-refractivity contribution < 1.29 is 5.11 Å². The lowest BCUT2D eigenvalue weighted by molar-refractivity contribution is 0.281. The van der Waals surface area contributed by atoms with Crippen LogP contribution in [-0.2, 0) is 6.61 Å². The molecule has 5 nitrogen and oxygen atoms in total. The first kappa shape index (κ1) is 10.2. The molecule has 72 valence electrons. The number of aliphatic hydroxyl groups is 1. The number of hydrogen-bond donors (Lipinski definition) is 1. The van der Waals surface area contributed by atoms with Gasteiger partial charge in [0.25, 0.3) is 0 Å². The highest BCUT2D eigenvalue weighted by atomic mass is 16.3. The van der Waals surface area contributed by atoms with Gasteiger partial charge in [-0.2, -0.15) is 0 Å². The normalized spacial score (nSPS) is 10.1. The number of hydrogen-bond acceptors (Lipinski definition) is 3. The molecule has 0 aliphatic carbocycles. The van der Waals surface area contributed by atoms with E-state index in [-0.39, 0.29) is 6.61 Å². The van der Waals surface area contributed by atoms with Gasteiger partial charge in [0, 0.05) is 23.9 Å². The van der Waals surface area contributed by atoms with Crippen LogP contribution in [0.25, 0.3) is 16.5 Å². The average Bonchev–Trinajstić information content (AvgIpc) is 2.25. The summed E-state index contributed by atoms with van der Waals surface area (Å²) in [5, 5.41) is 12.2. The monoisotopic (exact) mass is 190 g/mol. The third-order valence-electron chi connectivity index (χ3n) is 1.56. The maximum absolute atomic E-state index is 8.84. The van der Waals surface area contributed by atoms with Crippen molar-refractivity contribution in [3.8, 4) is 0 Å². The van der Waals surface area contributed by atoms with Crippen LogP contribution in [0, 0.1) is 0 Å². The molecule has 0 atom stereocenters. The summed E-state index contributed by atoms with van der Waals surface area (Å²) in [6.07, 6.45) is 6.80. The predicted molar refractivity (Wildman–Crippen MR) is 53.2 cm³/mol. The summed E-state index contributed by atoms with van der Waals surface area (Å²) in [5.74, 6) is 0. The maximum Gasteiger partial charge on any atom is 0.0697 e. The van der Waals surface area contributed by atoms with Crippen molar-refractivity contribution in [1.82, 2.24) is 4.98 Å². The highest BCUT2D eigenvalue weighted by molar-refractivity contribution is 5.48. The Morgan fingerprint density at radius 3 is 3.14 bits per heavy atom. The fourth-order valence-corrected chi connectivity index (χ4v) is 0.958. The van der Waals surface area contributed by atoms with Crippen LogP contribution in [0.4, 0.5) is 0 Å². The molecule has 1 N–H and O–H groups in total. The van der Waals surface area contributed by atoms with E-state index in [2.05, 4.69) is 15.0 Å². The van der Waals surface area contributed by atoms with E-state index in [1.54, 1.807) is 24.5 Å². The number of aliphatic hydroxyl groups excluding tert-OH is 1. The van der Waals surface area contributed by atoms with Gasteiger partial charge in [0.1, 0.15) is 0 Å². The minimum Gasteiger partial charge on any atom is -0.392 e. The van der Waals surface area contributed by atoms with Gasteiger partial charge in [0.15, 0.2) is 0 Å². The van der Waals surface area contributed by atoms with Gasteiger partial charge < -0.3 is 5.11 Å². The number of rotatable bonds is 4. The van der Waals surface area contributed by atoms with Crippen LogP contribution in [-0.4, -0.2) is 16.6 Å². The summed E-state index contributed by atoms with van der Waals surface area (Å²) < 4.78 is 0. The summed E-state index contributed by atoms with van der Waals surface area (Å²) in [6.45, 7) is 0.297. The minimum absolute atomic E-state index is 0.0228. The Morgan fingerprint density at radius 1 is 1.57 bits per heavy atom. The Morgan fingerprint density at radius 2 is 2.43 bits per heavy atom. The zero-order valence-corrected chi connectivity index (χ0v) is 7.54. The molecule has 5 heteroatoms. The lowest BCUT2D eigenvalue weighted by Gasteiger charge is -1.96. The molecule has 0 radical (unpaired) electrons. The molecule has 0 aliphatic rings. The van der Waals surface area contributed by atoms with Crippen LogP contribution in [0.5, 0.6) is 0 Å². The molecule has 0 amide bonds. The first-order valence-corrected chi connectivity index (χ1v) is 4.09. The summed E-state index contributed by atoms with van der Waals surface area (Å²) in [4.78, 5) is 6.56. The molecule has 0 unspecified atom stereocenters. The maximum atomic E-state index is 8.84. The SMILES string of the molecule is [N-]=[N+]=NCC=Cc1cncc(CO)c1. The van der Waals surface area contributed by atoms with E-state index in [9.17, 15) is 0 Å². The van der Waals surface area contributed by atoms with Crippen molar-refractivity contribution in [2.75, 3.05) is 6.54 Å². The van der Waals surface area contributed by atoms with Crippen LogP contribution in [0.1, 0.15) is 11.1 Å². The standard InChI is InChI=1S/C9H10N4O/c10-13-12-3-1-2-8-4-9(7-14)6-11-5-8/h1-2,4-6,14H,3,7H2. The molecule has 1 heterocycles. The first-order chi connectivity index (χ1) is 6.86. The Hall–Kier alpha value is -1.84. The van der Waals surface area contributed by atoms with Gasteiger partial charge in [-0.15, -0.1) is 0 Å². The number of azide groups is 1. The summed E-state index contributed by atoms with van der Waals surface area (Å²) in [7, 11) is 0. The van der Waals surface area contributed by atoms with E-state index in [0.29, 0.717) is 6.54 Å². The fraction of sp³-hybridized carbons (Fsp3) is 0.222. The van der Waals surface area contributed by atoms with Crippen molar-refractivity contribution in [2.45, 2.75) is 6.61 Å². The predicted octanol–water partition coefficient (Wildman–Crippen LogP) is 1.90. The second-order valence-electron chi connectivity index (χ2n) is 2.60. The molecule has 14 heavy (non-hydrogen) atoms. The van der Waals surface area contributed by atoms with Gasteiger partial charge in [-0.3, -0.25) is 4.98 Å². The van der Waals surface area contributed by atoms with Gasteiger partial charge in [-0.05, 0) is 22.7 Å². The minimum atomic E-state index is -0.0228. The van der Waals surface area contributed by atoms with Crippen LogP contribution < -0.4 is 0 Å². The molecular formula is C9H10N4O. The van der Waals surface area contributed by atoms with E-state index in [4.69, 9.17) is 10.6 Å². The van der Waals surface area contributed by atoms with Crippen LogP contribution in [0.2, 0.25) is 0 Å². The number of aromatic nitrogens is 1. The number of pyridine rings is 1. The lowest BCUT2D eigenvalue weighted by Crippen LogP contribution is -1.85. The highest BCUT2D eigenvalue weighted by Gasteiger charge is 1.91. The summed E-state index contributed by atoms with van der Waals surface area (Å²) in [5.41, 5.74) is 9.66. The molecule has 0 spiro atoms. The largest absolute Gasteiger partial charge is 0.392 e. The molecule has 0 saturated heterocycles. The molecular weight excluding hydrogens is 180 g/mol. The zero-order chi connectivity index (χ0) is 10.2. The van der Waals surface area contributed by atoms with E-state index in [0.717, 1.165) is 11.1 Å². The molecule has 1 aromatic rings. The quantitative estimate of drug-likeness (QED) is 0.446. The van der Waals surface area contributed by atoms with E-state index < -0.39 is 0 Å². The third-order valence-corrected chi connectivity index (χ3v) is 1.56. The topological polar surface area (TPSA) is 81.9 Å². The van der Waals surface area contributed by atoms with E-state index >= 15 is 0 Å². The van der Waals surface area contributed by atoms with E-state index in [1.807, 2.05) is 6.07 Å². The average molecular weight is 190 g/mol. The second kappa shape index (κ2) is 5.75. The Bertz CT molecular complexity index is 369. The number of nitrogens with zero attached hydrogens (tertiary/aromatic N) is 4. The summed E-state index contributed by atoms with van der Waals surface area (Å²) in [6, 6.07) is 1.82. The molecule has 0 fully saturated rings. The van der Waals surface area contributed by atoms with Crippen molar-refractivity contribution >= 4 is 6.08 Å². The first-order valence-electron chi connectivity index (χ1n) is 4.09. The molecule has 0 aromatic carbocycles. The van der Waals surface area contributed by atoms with Gasteiger partial charge in [0.2, 0.25) is 0 Å². The van der Waals surface area contributed by atoms with Gasteiger partial charge in [-0.1, -0.05) is 17.3 Å². The fourth-order valence-electron chi connectivity index (χ4n) is 0.958. The molecule has 0 aliphatic heterocycles. The highest BCUT2D eigenvalue weighted by Crippen LogP contribution is 2.04. The van der Waals surface area contributed by atoms with Gasteiger partial charge in [0.05, 0.1) is 6.61 Å². The van der Waals surface area contributed by atoms with E-state index in [1.165, 1.54) is 0 Å². The molecule has 0 bridgehead atoms. The third kappa shape index (κ3) is 3.26. The summed E-state index contributed by atoms with van der Waals surface area (Å²) >= 11 is 0. The van der Waals surface area contributed by atoms with Gasteiger partial charge in [-0.25, -0.2) is 0 Å². The second-order valence-corrected chi connectivity index (χ2v) is 2.60. The van der Waals surface area contributed by atoms with Crippen LogP contribution in [0.3, 0.4) is 0 Å². The van der Waals surface area contributed by atoms with Crippen molar-refractivity contribution in [1.29, 1.82) is 0 Å². The van der Waals surface area contributed by atoms with Gasteiger partial charge >= 0.3 is 0 Å². The zero-order valence-electron chi connectivity index (χ0n) is 7.54. The molecule has 1 aromatic heterocycles. The molecule has 0 saturated carbocycles. The lowest BCUT2D eigenvalue weighted by atomic mass is 10.2. The van der Waals surface area contributed by atoms with Crippen molar-refractivity contribution in [3.63, 3.8) is 0 Å².